The molecule has 0 amide bonds. The van der Waals surface area contributed by atoms with E-state index in [-0.39, 0.29) is 0 Å². The van der Waals surface area contributed by atoms with Crippen molar-refractivity contribution in [2.24, 2.45) is 0 Å². The van der Waals surface area contributed by atoms with Gasteiger partial charge in [-0.05, 0) is 0 Å². The number of hydrogen-bond donors (Lipinski definition) is 0. The van der Waals surface area contributed by atoms with Crippen LogP contribution in [0.3, 0.4) is 0 Å². The molecule has 3 nitrogen and oxygen atoms in total. The Kier molecular flexibility index (Phi) is 4.05. The van der Waals surface area contributed by atoms with Crippen LogP contribution < -0.4 is 0 Å². The number of alkyl halides is 1. The first kappa shape index (κ1) is 10.0. The third kappa shape index (κ3) is 2.47. The zero-order valence-corrected chi connectivity index (χ0v) is 9.10. The summed E-state index contributed by atoms with van der Waals surface area (Å²) in [4.78, 5) is 0. The number of ether oxygens (including phenoxy) is 1. The average Bonchev–Trinajstić information content (AvgIpc) is 2.43. The predicted octanol–water partition coefficient (Wildman–Crippen LogP) is 2.08. The van der Waals surface area contributed by atoms with Gasteiger partial charge in [-0.25, -0.2) is 0 Å². The summed E-state index contributed by atoms with van der Waals surface area (Å²) in [5.41, 5.74) is 0.868. The number of methoxy groups -OCH3 is 1. The second kappa shape index (κ2) is 4.84. The normalized spacial score (nSPS) is 10.6. The molecule has 0 aromatic carbocycles. The Morgan fingerprint density at radius 3 is 3.00 bits per heavy atom. The molecule has 0 fully saturated rings. The maximum atomic E-state index is 5.87. The summed E-state index contributed by atoms with van der Waals surface area (Å²) < 4.78 is 6.69. The van der Waals surface area contributed by atoms with Gasteiger partial charge in [0.15, 0.2) is 0 Å². The molecule has 0 N–H and O–H groups in total. The van der Waals surface area contributed by atoms with Gasteiger partial charge in [-0.1, -0.05) is 27.5 Å². The van der Waals surface area contributed by atoms with Gasteiger partial charge in [0.2, 0.25) is 0 Å². The second-order valence-corrected chi connectivity index (χ2v) is 3.28. The highest BCUT2D eigenvalue weighted by Gasteiger charge is 2.04. The molecule has 1 rings (SSSR count). The lowest BCUT2D eigenvalue weighted by molar-refractivity contribution is 0.183. The van der Waals surface area contributed by atoms with E-state index in [2.05, 4.69) is 21.0 Å². The van der Waals surface area contributed by atoms with Gasteiger partial charge in [-0.2, -0.15) is 5.10 Å². The van der Waals surface area contributed by atoms with Crippen LogP contribution in [0.2, 0.25) is 5.02 Å². The van der Waals surface area contributed by atoms with Crippen molar-refractivity contribution in [3.05, 3.63) is 16.9 Å². The first-order valence-electron chi connectivity index (χ1n) is 3.54. The van der Waals surface area contributed by atoms with Gasteiger partial charge in [0.1, 0.15) is 0 Å². The Labute approximate surface area is 84.8 Å². The van der Waals surface area contributed by atoms with Crippen LogP contribution in [0.5, 0.6) is 0 Å². The van der Waals surface area contributed by atoms with Gasteiger partial charge in [-0.15, -0.1) is 0 Å². The monoisotopic (exact) mass is 252 g/mol. The lowest BCUT2D eigenvalue weighted by Gasteiger charge is -1.97. The van der Waals surface area contributed by atoms with Crippen molar-refractivity contribution < 1.29 is 4.74 Å². The molecule has 0 bridgehead atoms. The smallest absolute Gasteiger partial charge is 0.0916 e. The molecule has 0 aliphatic carbocycles. The van der Waals surface area contributed by atoms with Crippen LogP contribution in [0.1, 0.15) is 5.69 Å². The third-order valence-electron chi connectivity index (χ3n) is 1.44. The molecular formula is C7H10BrClN2O. The van der Waals surface area contributed by atoms with Crippen LogP contribution >= 0.6 is 27.5 Å². The Hall–Kier alpha value is -0.0600. The first-order chi connectivity index (χ1) is 5.77. The topological polar surface area (TPSA) is 27.1 Å². The molecule has 68 valence electrons. The van der Waals surface area contributed by atoms with Gasteiger partial charge in [0, 0.05) is 18.6 Å². The quantitative estimate of drug-likeness (QED) is 0.768. The molecule has 0 spiro atoms. The molecule has 0 radical (unpaired) electrons. The highest BCUT2D eigenvalue weighted by atomic mass is 79.9. The van der Waals surface area contributed by atoms with Crippen LogP contribution in [0, 0.1) is 0 Å². The van der Waals surface area contributed by atoms with Crippen LogP contribution in [0.15, 0.2) is 6.20 Å². The molecule has 1 heterocycles. The van der Waals surface area contributed by atoms with Gasteiger partial charge < -0.3 is 4.74 Å². The van der Waals surface area contributed by atoms with Gasteiger partial charge >= 0.3 is 0 Å². The summed E-state index contributed by atoms with van der Waals surface area (Å²) in [6.45, 7) is 1.39. The Bertz CT molecular complexity index is 252. The van der Waals surface area contributed by atoms with Crippen LogP contribution in [0.4, 0.5) is 0 Å². The summed E-state index contributed by atoms with van der Waals surface area (Å²) in [5, 5.41) is 5.61. The van der Waals surface area contributed by atoms with Gasteiger partial charge in [0.05, 0.1) is 23.9 Å². The molecule has 0 saturated carbocycles. The van der Waals surface area contributed by atoms with Crippen LogP contribution in [-0.2, 0) is 16.6 Å². The molecular weight excluding hydrogens is 243 g/mol. The summed E-state index contributed by atoms with van der Waals surface area (Å²) in [6.07, 6.45) is 1.80. The lowest BCUT2D eigenvalue weighted by atomic mass is 10.5. The molecule has 0 aliphatic rings. The van der Waals surface area contributed by atoms with Crippen molar-refractivity contribution in [1.29, 1.82) is 0 Å². The summed E-state index contributed by atoms with van der Waals surface area (Å²) in [5.74, 6) is 0. The van der Waals surface area contributed by atoms with Crippen molar-refractivity contribution in [1.82, 2.24) is 9.78 Å². The van der Waals surface area contributed by atoms with E-state index in [4.69, 9.17) is 16.3 Å². The fraction of sp³-hybridized carbons (Fsp3) is 0.571. The minimum absolute atomic E-state index is 0.653. The fourth-order valence-corrected chi connectivity index (χ4v) is 1.62. The fourth-order valence-electron chi connectivity index (χ4n) is 0.827. The van der Waals surface area contributed by atoms with E-state index >= 15 is 0 Å². The van der Waals surface area contributed by atoms with Crippen molar-refractivity contribution >= 4 is 27.5 Å². The minimum atomic E-state index is 0.653. The maximum Gasteiger partial charge on any atom is 0.0916 e. The van der Waals surface area contributed by atoms with Crippen LogP contribution in [-0.4, -0.2) is 23.5 Å². The summed E-state index contributed by atoms with van der Waals surface area (Å²) >= 11 is 9.17. The SMILES string of the molecule is COCCn1cc(Cl)c(CBr)n1. The number of aromatic nitrogens is 2. The highest BCUT2D eigenvalue weighted by molar-refractivity contribution is 9.08. The largest absolute Gasteiger partial charge is 0.383 e. The molecule has 0 unspecified atom stereocenters. The van der Waals surface area contributed by atoms with E-state index in [1.807, 2.05) is 0 Å². The molecule has 0 aliphatic heterocycles. The van der Waals surface area contributed by atoms with Crippen LogP contribution in [0.25, 0.3) is 0 Å². The third-order valence-corrected chi connectivity index (χ3v) is 2.29. The Balaban J connectivity index is 2.62. The molecule has 1 aromatic rings. The van der Waals surface area contributed by atoms with Gasteiger partial charge in [0.25, 0.3) is 0 Å². The lowest BCUT2D eigenvalue weighted by Crippen LogP contribution is -2.04. The molecule has 5 heteroatoms. The van der Waals surface area contributed by atoms with E-state index < -0.39 is 0 Å². The number of halogens is 2. The summed E-state index contributed by atoms with van der Waals surface area (Å²) in [6, 6.07) is 0. The second-order valence-electron chi connectivity index (χ2n) is 2.31. The van der Waals surface area contributed by atoms with E-state index in [9.17, 15) is 0 Å². The zero-order valence-electron chi connectivity index (χ0n) is 6.76. The minimum Gasteiger partial charge on any atom is -0.383 e. The average molecular weight is 254 g/mol. The Morgan fingerprint density at radius 1 is 1.75 bits per heavy atom. The number of nitrogens with zero attached hydrogens (tertiary/aromatic N) is 2. The van der Waals surface area contributed by atoms with Crippen molar-refractivity contribution in [2.45, 2.75) is 11.9 Å². The number of hydrogen-bond acceptors (Lipinski definition) is 2. The van der Waals surface area contributed by atoms with Crippen molar-refractivity contribution in [2.75, 3.05) is 13.7 Å². The van der Waals surface area contributed by atoms with E-state index in [0.29, 0.717) is 17.0 Å². The van der Waals surface area contributed by atoms with Crippen molar-refractivity contribution in [3.63, 3.8) is 0 Å². The molecule has 0 atom stereocenters. The predicted molar refractivity (Wildman–Crippen MR) is 51.7 cm³/mol. The molecule has 12 heavy (non-hydrogen) atoms. The summed E-state index contributed by atoms with van der Waals surface area (Å²) in [7, 11) is 1.66. The standard InChI is InChI=1S/C7H10BrClN2O/c1-12-3-2-11-5-6(9)7(4-8)10-11/h5H,2-4H2,1H3. The highest BCUT2D eigenvalue weighted by Crippen LogP contribution is 2.16. The van der Waals surface area contributed by atoms with E-state index in [1.54, 1.807) is 18.0 Å². The van der Waals surface area contributed by atoms with E-state index in [1.165, 1.54) is 0 Å². The van der Waals surface area contributed by atoms with E-state index in [0.717, 1.165) is 12.2 Å². The maximum absolute atomic E-state index is 5.87. The number of rotatable bonds is 4. The molecule has 0 saturated heterocycles. The van der Waals surface area contributed by atoms with Gasteiger partial charge in [-0.3, -0.25) is 4.68 Å². The molecule has 1 aromatic heterocycles. The Morgan fingerprint density at radius 2 is 2.50 bits per heavy atom. The first-order valence-corrected chi connectivity index (χ1v) is 5.04. The zero-order chi connectivity index (χ0) is 8.97. The van der Waals surface area contributed by atoms with Crippen molar-refractivity contribution in [3.8, 4) is 0 Å².